The van der Waals surface area contributed by atoms with Crippen LogP contribution in [-0.2, 0) is 31.1 Å². The Kier molecular flexibility index (Phi) is 8.30. The van der Waals surface area contributed by atoms with Crippen molar-refractivity contribution in [1.82, 2.24) is 14.5 Å². The van der Waals surface area contributed by atoms with E-state index in [9.17, 15) is 30.8 Å². The summed E-state index contributed by atoms with van der Waals surface area (Å²) >= 11 is 0. The number of sulfonamides is 1. The summed E-state index contributed by atoms with van der Waals surface area (Å²) in [6.45, 7) is 4.37. The Morgan fingerprint density at radius 2 is 1.73 bits per heavy atom. The minimum Gasteiger partial charge on any atom is -0.324 e. The van der Waals surface area contributed by atoms with Crippen molar-refractivity contribution >= 4 is 31.5 Å². The highest BCUT2D eigenvalue weighted by molar-refractivity contribution is 7.90. The Morgan fingerprint density at radius 3 is 2.35 bits per heavy atom. The summed E-state index contributed by atoms with van der Waals surface area (Å²) in [5.74, 6) is -1.42. The van der Waals surface area contributed by atoms with Gasteiger partial charge in [0.2, 0.25) is 15.9 Å². The molecule has 13 heteroatoms. The Hall–Kier alpha value is -3.42. The number of aromatic nitrogens is 2. The van der Waals surface area contributed by atoms with E-state index in [0.717, 1.165) is 22.7 Å². The number of anilines is 1. The fourth-order valence-corrected chi connectivity index (χ4v) is 5.38. The van der Waals surface area contributed by atoms with Crippen LogP contribution in [0.5, 0.6) is 0 Å². The second-order valence-corrected chi connectivity index (χ2v) is 12.3. The van der Waals surface area contributed by atoms with Crippen LogP contribution in [0.3, 0.4) is 0 Å². The van der Waals surface area contributed by atoms with Gasteiger partial charge in [0.1, 0.15) is 6.04 Å². The zero-order valence-corrected chi connectivity index (χ0v) is 22.3. The Balaban J connectivity index is 1.71. The van der Waals surface area contributed by atoms with Crippen molar-refractivity contribution in [2.45, 2.75) is 43.0 Å². The van der Waals surface area contributed by atoms with Crippen LogP contribution in [0.15, 0.2) is 63.2 Å². The molecule has 0 spiro atoms. The molecule has 1 heterocycles. The molecule has 0 aliphatic rings. The van der Waals surface area contributed by atoms with Crippen LogP contribution in [0.4, 0.5) is 10.1 Å². The van der Waals surface area contributed by atoms with Crippen molar-refractivity contribution in [2.24, 2.45) is 0 Å². The number of hydrogen-bond acceptors (Lipinski definition) is 7. The van der Waals surface area contributed by atoms with Gasteiger partial charge in [-0.15, -0.1) is 0 Å². The van der Waals surface area contributed by atoms with Gasteiger partial charge < -0.3 is 5.32 Å². The van der Waals surface area contributed by atoms with E-state index < -0.39 is 43.2 Å². The molecule has 3 rings (SSSR count). The molecule has 0 saturated carbocycles. The van der Waals surface area contributed by atoms with E-state index in [4.69, 9.17) is 0 Å². The second kappa shape index (κ2) is 10.9. The average molecular weight is 551 g/mol. The van der Waals surface area contributed by atoms with Crippen molar-refractivity contribution in [3.8, 4) is 0 Å². The molecule has 2 N–H and O–H groups in total. The maximum Gasteiger partial charge on any atom is 0.273 e. The van der Waals surface area contributed by atoms with Gasteiger partial charge in [-0.3, -0.25) is 9.59 Å². The average Bonchev–Trinajstić information content (AvgIpc) is 2.83. The third kappa shape index (κ3) is 6.67. The lowest BCUT2D eigenvalue weighted by Gasteiger charge is -2.16. The minimum atomic E-state index is -3.95. The second-order valence-electron chi connectivity index (χ2n) is 8.58. The molecule has 1 aromatic heterocycles. The monoisotopic (exact) mass is 550 g/mol. The first-order valence-electron chi connectivity index (χ1n) is 11.1. The number of carbonyl (C=O) groups excluding carboxylic acids is 1. The van der Waals surface area contributed by atoms with E-state index >= 15 is 0 Å². The van der Waals surface area contributed by atoms with Crippen LogP contribution in [0.1, 0.15) is 29.7 Å². The van der Waals surface area contributed by atoms with Crippen molar-refractivity contribution < 1.29 is 26.0 Å². The lowest BCUT2D eigenvalue weighted by Crippen LogP contribution is -2.35. The van der Waals surface area contributed by atoms with Crippen molar-refractivity contribution in [3.05, 3.63) is 81.5 Å². The van der Waals surface area contributed by atoms with E-state index in [2.05, 4.69) is 15.1 Å². The highest BCUT2D eigenvalue weighted by Gasteiger charge is 2.22. The van der Waals surface area contributed by atoms with Crippen LogP contribution in [0.25, 0.3) is 0 Å². The summed E-state index contributed by atoms with van der Waals surface area (Å²) in [7, 11) is -7.27. The zero-order valence-electron chi connectivity index (χ0n) is 20.6. The Labute approximate surface area is 214 Å². The quantitative estimate of drug-likeness (QED) is 0.415. The molecule has 0 bridgehead atoms. The maximum absolute atomic E-state index is 13.5. The Bertz CT molecular complexity index is 1600. The summed E-state index contributed by atoms with van der Waals surface area (Å²) in [4.78, 5) is 25.1. The number of sulfone groups is 1. The van der Waals surface area contributed by atoms with Crippen LogP contribution < -0.4 is 15.6 Å². The number of aryl methyl sites for hydroxylation is 1. The van der Waals surface area contributed by atoms with Gasteiger partial charge in [-0.1, -0.05) is 18.2 Å². The number of rotatable bonds is 9. The lowest BCUT2D eigenvalue weighted by atomic mass is 10.2. The van der Waals surface area contributed by atoms with Crippen LogP contribution >= 0.6 is 0 Å². The highest BCUT2D eigenvalue weighted by atomic mass is 32.2. The summed E-state index contributed by atoms with van der Waals surface area (Å²) < 4.78 is 65.9. The largest absolute Gasteiger partial charge is 0.324 e. The Morgan fingerprint density at radius 1 is 1.08 bits per heavy atom. The molecular formula is C24H27FN4O6S2. The van der Waals surface area contributed by atoms with Gasteiger partial charge in [-0.2, -0.15) is 5.10 Å². The van der Waals surface area contributed by atoms with Crippen molar-refractivity contribution in [2.75, 3.05) is 18.1 Å². The molecule has 0 radical (unpaired) electrons. The van der Waals surface area contributed by atoms with E-state index in [1.807, 2.05) is 0 Å². The molecule has 2 aromatic carbocycles. The first kappa shape index (κ1) is 28.2. The molecule has 0 aliphatic heterocycles. The predicted molar refractivity (Wildman–Crippen MR) is 136 cm³/mol. The smallest absolute Gasteiger partial charge is 0.273 e. The fraction of sp³-hybridized carbons (Fsp3) is 0.292. The predicted octanol–water partition coefficient (Wildman–Crippen LogP) is 2.12. The molecule has 10 nitrogen and oxygen atoms in total. The summed E-state index contributed by atoms with van der Waals surface area (Å²) in [6, 6.07) is 9.45. The number of nitrogens with one attached hydrogen (secondary N) is 2. The maximum atomic E-state index is 13.5. The molecule has 198 valence electrons. The molecule has 1 atom stereocenters. The third-order valence-electron chi connectivity index (χ3n) is 5.73. The summed E-state index contributed by atoms with van der Waals surface area (Å²) in [5.41, 5.74) is 0.469. The summed E-state index contributed by atoms with van der Waals surface area (Å²) in [6.07, 6.45) is 2.29. The molecule has 0 fully saturated rings. The van der Waals surface area contributed by atoms with Gasteiger partial charge in [0.25, 0.3) is 5.56 Å². The summed E-state index contributed by atoms with van der Waals surface area (Å²) in [5, 5.41) is 6.25. The van der Waals surface area contributed by atoms with Gasteiger partial charge in [-0.05, 0) is 62.6 Å². The van der Waals surface area contributed by atoms with Crippen LogP contribution in [0, 0.1) is 19.7 Å². The van der Waals surface area contributed by atoms with Gasteiger partial charge in [0.15, 0.2) is 15.7 Å². The number of nitrogens with zero attached hydrogens (tertiary/aromatic N) is 2. The van der Waals surface area contributed by atoms with E-state index in [-0.39, 0.29) is 27.6 Å². The SMILES string of the molecule is Cc1ccc(NC(=O)C(C)n2ncc(F)c(C)c2=O)cc1S(=O)(=O)NCCc1ccc(S(C)(=O)=O)cc1. The number of hydrogen-bond donors (Lipinski definition) is 2. The minimum absolute atomic E-state index is 0.0432. The zero-order chi connectivity index (χ0) is 27.5. The van der Waals surface area contributed by atoms with Crippen molar-refractivity contribution in [3.63, 3.8) is 0 Å². The van der Waals surface area contributed by atoms with Crippen LogP contribution in [-0.4, -0.2) is 45.3 Å². The fourth-order valence-electron chi connectivity index (χ4n) is 3.45. The van der Waals surface area contributed by atoms with Gasteiger partial charge >= 0.3 is 0 Å². The normalized spacial score (nSPS) is 12.8. The topological polar surface area (TPSA) is 144 Å². The standard InChI is InChI=1S/C24H27FN4O6S2/c1-15-5-8-19(28-23(30)17(3)29-24(31)16(2)21(25)14-26-29)13-22(15)37(34,35)27-12-11-18-6-9-20(10-7-18)36(4,32)33/h5-10,13-14,17,27H,11-12H2,1-4H3,(H,28,30). The van der Waals surface area contributed by atoms with Gasteiger partial charge in [0, 0.05) is 18.5 Å². The first-order chi connectivity index (χ1) is 17.2. The van der Waals surface area contributed by atoms with Crippen molar-refractivity contribution in [1.29, 1.82) is 0 Å². The van der Waals surface area contributed by atoms with Gasteiger partial charge in [-0.25, -0.2) is 30.6 Å². The molecule has 1 unspecified atom stereocenters. The number of amides is 1. The van der Waals surface area contributed by atoms with Crippen LogP contribution in [0.2, 0.25) is 0 Å². The van der Waals surface area contributed by atoms with E-state index in [1.165, 1.54) is 44.2 Å². The first-order valence-corrected chi connectivity index (χ1v) is 14.5. The van der Waals surface area contributed by atoms with Gasteiger partial charge in [0.05, 0.1) is 21.6 Å². The molecule has 1 amide bonds. The molecular weight excluding hydrogens is 523 g/mol. The number of carbonyl (C=O) groups is 1. The molecule has 0 saturated heterocycles. The molecule has 0 aliphatic carbocycles. The lowest BCUT2D eigenvalue weighted by molar-refractivity contribution is -0.119. The highest BCUT2D eigenvalue weighted by Crippen LogP contribution is 2.21. The molecule has 3 aromatic rings. The van der Waals surface area contributed by atoms with E-state index in [0.29, 0.717) is 12.0 Å². The third-order valence-corrected chi connectivity index (χ3v) is 8.46. The molecule has 37 heavy (non-hydrogen) atoms. The van der Waals surface area contributed by atoms with E-state index in [1.54, 1.807) is 19.1 Å². The number of halogens is 1. The number of benzene rings is 2.